The zero-order valence-electron chi connectivity index (χ0n) is 13.4. The Kier molecular flexibility index (Phi) is 4.54. The topological polar surface area (TPSA) is 101 Å². The molecule has 0 unspecified atom stereocenters. The van der Waals surface area contributed by atoms with Gasteiger partial charge in [0.2, 0.25) is 5.91 Å². The molecule has 1 N–H and O–H groups in total. The lowest BCUT2D eigenvalue weighted by Crippen LogP contribution is -2.38. The highest BCUT2D eigenvalue weighted by molar-refractivity contribution is 5.88. The molecule has 0 saturated carbocycles. The van der Waals surface area contributed by atoms with E-state index in [9.17, 15) is 9.59 Å². The number of piperidine rings is 1. The summed E-state index contributed by atoms with van der Waals surface area (Å²) in [6.07, 6.45) is 5.43. The summed E-state index contributed by atoms with van der Waals surface area (Å²) in [7, 11) is 0. The van der Waals surface area contributed by atoms with Crippen molar-refractivity contribution in [3.8, 4) is 11.4 Å². The van der Waals surface area contributed by atoms with Crippen LogP contribution in [0.5, 0.6) is 0 Å². The molecule has 0 radical (unpaired) electrons. The third kappa shape index (κ3) is 3.27. The van der Waals surface area contributed by atoms with Crippen LogP contribution >= 0.6 is 0 Å². The molecular formula is C16H19N5O3. The van der Waals surface area contributed by atoms with E-state index < -0.39 is 5.97 Å². The smallest absolute Gasteiger partial charge is 0.335 e. The number of pyridine rings is 1. The summed E-state index contributed by atoms with van der Waals surface area (Å²) in [5.74, 6) is -0.818. The van der Waals surface area contributed by atoms with Crippen LogP contribution in [0.4, 0.5) is 0 Å². The Hall–Kier alpha value is -2.77. The van der Waals surface area contributed by atoms with Gasteiger partial charge in [-0.15, -0.1) is 5.10 Å². The van der Waals surface area contributed by atoms with E-state index in [1.165, 1.54) is 18.3 Å². The van der Waals surface area contributed by atoms with E-state index in [0.29, 0.717) is 17.8 Å². The Morgan fingerprint density at radius 3 is 2.71 bits per heavy atom. The van der Waals surface area contributed by atoms with Gasteiger partial charge in [0.25, 0.3) is 0 Å². The van der Waals surface area contributed by atoms with Crippen LogP contribution in [0.3, 0.4) is 0 Å². The number of aromatic carboxylic acids is 1. The Labute approximate surface area is 139 Å². The molecule has 0 bridgehead atoms. The zero-order chi connectivity index (χ0) is 17.1. The molecule has 3 heterocycles. The number of carboxylic acid groups (broad SMARTS) is 1. The van der Waals surface area contributed by atoms with Crippen LogP contribution in [-0.2, 0) is 4.79 Å². The quantitative estimate of drug-likeness (QED) is 0.914. The second-order valence-electron chi connectivity index (χ2n) is 5.78. The van der Waals surface area contributed by atoms with Gasteiger partial charge in [-0.05, 0) is 25.0 Å². The first-order valence-corrected chi connectivity index (χ1v) is 7.97. The molecule has 1 amide bonds. The normalized spacial score (nSPS) is 15.5. The van der Waals surface area contributed by atoms with Crippen molar-refractivity contribution in [3.05, 3.63) is 30.1 Å². The minimum Gasteiger partial charge on any atom is -0.478 e. The van der Waals surface area contributed by atoms with Gasteiger partial charge in [0.15, 0.2) is 0 Å². The van der Waals surface area contributed by atoms with Gasteiger partial charge in [-0.3, -0.25) is 9.78 Å². The maximum atomic E-state index is 11.7. The number of carbonyl (C=O) groups excluding carboxylic acids is 1. The van der Waals surface area contributed by atoms with E-state index in [0.717, 1.165) is 25.9 Å². The van der Waals surface area contributed by atoms with Crippen LogP contribution < -0.4 is 0 Å². The lowest BCUT2D eigenvalue weighted by molar-refractivity contribution is -0.132. The van der Waals surface area contributed by atoms with Crippen LogP contribution in [0.15, 0.2) is 24.5 Å². The molecule has 24 heavy (non-hydrogen) atoms. The van der Waals surface area contributed by atoms with Crippen molar-refractivity contribution in [1.82, 2.24) is 24.9 Å². The first kappa shape index (κ1) is 16.1. The van der Waals surface area contributed by atoms with Crippen LogP contribution in [0.25, 0.3) is 11.4 Å². The van der Waals surface area contributed by atoms with Crippen LogP contribution in [-0.4, -0.2) is 55.0 Å². The van der Waals surface area contributed by atoms with Crippen molar-refractivity contribution in [1.29, 1.82) is 0 Å². The maximum Gasteiger partial charge on any atom is 0.335 e. The number of hydrogen-bond donors (Lipinski definition) is 1. The van der Waals surface area contributed by atoms with Crippen molar-refractivity contribution in [2.75, 3.05) is 13.1 Å². The average molecular weight is 329 g/mol. The van der Waals surface area contributed by atoms with Crippen molar-refractivity contribution >= 4 is 11.9 Å². The highest BCUT2D eigenvalue weighted by atomic mass is 16.4. The lowest BCUT2D eigenvalue weighted by Gasteiger charge is -2.31. The molecule has 0 aliphatic carbocycles. The number of nitrogens with zero attached hydrogens (tertiary/aromatic N) is 5. The Morgan fingerprint density at radius 2 is 2.04 bits per heavy atom. The number of carbonyl (C=O) groups is 2. The van der Waals surface area contributed by atoms with Gasteiger partial charge >= 0.3 is 5.97 Å². The van der Waals surface area contributed by atoms with Gasteiger partial charge in [-0.25, -0.2) is 9.48 Å². The van der Waals surface area contributed by atoms with Gasteiger partial charge in [-0.1, -0.05) is 12.1 Å². The molecule has 8 nitrogen and oxygen atoms in total. The highest BCUT2D eigenvalue weighted by Gasteiger charge is 2.24. The third-order valence-corrected chi connectivity index (χ3v) is 4.27. The average Bonchev–Trinajstić information content (AvgIpc) is 3.11. The van der Waals surface area contributed by atoms with Crippen molar-refractivity contribution in [2.24, 2.45) is 0 Å². The molecule has 8 heteroatoms. The number of rotatable bonds is 4. The first-order valence-electron chi connectivity index (χ1n) is 7.97. The van der Waals surface area contributed by atoms with E-state index in [-0.39, 0.29) is 17.5 Å². The summed E-state index contributed by atoms with van der Waals surface area (Å²) >= 11 is 0. The van der Waals surface area contributed by atoms with Gasteiger partial charge in [0.05, 0.1) is 23.5 Å². The van der Waals surface area contributed by atoms with Crippen LogP contribution in [0.1, 0.15) is 42.6 Å². The first-order chi connectivity index (χ1) is 11.6. The van der Waals surface area contributed by atoms with Crippen molar-refractivity contribution < 1.29 is 14.7 Å². The van der Waals surface area contributed by atoms with E-state index in [2.05, 4.69) is 15.3 Å². The molecule has 3 rings (SSSR count). The molecular weight excluding hydrogens is 310 g/mol. The molecule has 0 atom stereocenters. The second kappa shape index (κ2) is 6.77. The highest BCUT2D eigenvalue weighted by Crippen LogP contribution is 2.24. The molecule has 126 valence electrons. The summed E-state index contributed by atoms with van der Waals surface area (Å²) in [4.78, 5) is 28.8. The predicted molar refractivity (Wildman–Crippen MR) is 85.4 cm³/mol. The Balaban J connectivity index is 1.71. The number of likely N-dealkylation sites (tertiary alicyclic amines) is 1. The second-order valence-corrected chi connectivity index (χ2v) is 5.78. The third-order valence-electron chi connectivity index (χ3n) is 4.27. The van der Waals surface area contributed by atoms with Gasteiger partial charge in [0.1, 0.15) is 5.69 Å². The molecule has 1 saturated heterocycles. The summed E-state index contributed by atoms with van der Waals surface area (Å²) in [5.41, 5.74) is 1.20. The van der Waals surface area contributed by atoms with Gasteiger partial charge in [-0.2, -0.15) is 0 Å². The summed E-state index contributed by atoms with van der Waals surface area (Å²) in [6.45, 7) is 3.31. The summed E-state index contributed by atoms with van der Waals surface area (Å²) < 4.78 is 1.79. The van der Waals surface area contributed by atoms with Crippen molar-refractivity contribution in [3.63, 3.8) is 0 Å². The number of hydrogen-bond acceptors (Lipinski definition) is 5. The number of aromatic nitrogens is 4. The number of carboxylic acids is 1. The molecule has 1 fully saturated rings. The molecule has 1 aliphatic rings. The fraction of sp³-hybridized carbons (Fsp3) is 0.438. The van der Waals surface area contributed by atoms with E-state index >= 15 is 0 Å². The minimum atomic E-state index is -1.00. The Morgan fingerprint density at radius 1 is 1.29 bits per heavy atom. The van der Waals surface area contributed by atoms with Crippen molar-refractivity contribution in [2.45, 2.75) is 32.2 Å². The fourth-order valence-electron chi connectivity index (χ4n) is 2.88. The number of amides is 1. The molecule has 0 spiro atoms. The van der Waals surface area contributed by atoms with Gasteiger partial charge < -0.3 is 10.0 Å². The molecule has 2 aromatic rings. The molecule has 1 aliphatic heterocycles. The SMILES string of the molecule is CCC(=O)N1CCC(n2cc(-c3cc(C(=O)O)ccn3)nn2)CC1. The standard InChI is InChI=1S/C16H19N5O3/c1-2-15(22)20-7-4-12(5-8-20)21-10-14(18-19-21)13-9-11(16(23)24)3-6-17-13/h3,6,9-10,12H,2,4-5,7-8H2,1H3,(H,23,24). The zero-order valence-corrected chi connectivity index (χ0v) is 13.4. The molecule has 2 aromatic heterocycles. The predicted octanol–water partition coefficient (Wildman–Crippen LogP) is 1.61. The summed E-state index contributed by atoms with van der Waals surface area (Å²) in [5, 5.41) is 17.3. The summed E-state index contributed by atoms with van der Waals surface area (Å²) in [6, 6.07) is 3.12. The van der Waals surface area contributed by atoms with Crippen LogP contribution in [0, 0.1) is 0 Å². The largest absolute Gasteiger partial charge is 0.478 e. The maximum absolute atomic E-state index is 11.7. The fourth-order valence-corrected chi connectivity index (χ4v) is 2.88. The molecule has 0 aromatic carbocycles. The van der Waals surface area contributed by atoms with Gasteiger partial charge in [0, 0.05) is 25.7 Å². The Bertz CT molecular complexity index is 750. The van der Waals surface area contributed by atoms with E-state index in [1.807, 2.05) is 11.8 Å². The van der Waals surface area contributed by atoms with Crippen LogP contribution in [0.2, 0.25) is 0 Å². The monoisotopic (exact) mass is 329 g/mol. The van der Waals surface area contributed by atoms with E-state index in [4.69, 9.17) is 5.11 Å². The van der Waals surface area contributed by atoms with E-state index in [1.54, 1.807) is 10.9 Å². The lowest BCUT2D eigenvalue weighted by atomic mass is 10.0. The minimum absolute atomic E-state index is 0.168.